The summed E-state index contributed by atoms with van der Waals surface area (Å²) in [5.74, 6) is 1.62. The van der Waals surface area contributed by atoms with Crippen LogP contribution in [0.1, 0.15) is 13.3 Å². The lowest BCUT2D eigenvalue weighted by Crippen LogP contribution is -2.03. The highest BCUT2D eigenvalue weighted by Gasteiger charge is 2.01. The number of aromatic nitrogens is 1. The molecule has 1 aromatic carbocycles. The summed E-state index contributed by atoms with van der Waals surface area (Å²) >= 11 is 11.9. The largest absolute Gasteiger partial charge is 0.370 e. The van der Waals surface area contributed by atoms with Gasteiger partial charge in [-0.2, -0.15) is 0 Å². The standard InChI is InChI=1S/C14H15Cl2N3/c1-2-8-17-13-4-3-5-14(19-13)18-10-6-7-11(15)12(16)9-10/h3-7,9H,2,8H2,1H3,(H2,17,18,19). The third-order valence-electron chi connectivity index (χ3n) is 2.50. The van der Waals surface area contributed by atoms with E-state index in [2.05, 4.69) is 22.5 Å². The number of pyridine rings is 1. The molecule has 0 aliphatic heterocycles. The van der Waals surface area contributed by atoms with Crippen LogP contribution in [-0.4, -0.2) is 11.5 Å². The van der Waals surface area contributed by atoms with Crippen molar-refractivity contribution in [3.63, 3.8) is 0 Å². The van der Waals surface area contributed by atoms with Crippen molar-refractivity contribution in [2.75, 3.05) is 17.2 Å². The third kappa shape index (κ3) is 4.01. The van der Waals surface area contributed by atoms with Gasteiger partial charge in [-0.25, -0.2) is 4.98 Å². The highest BCUT2D eigenvalue weighted by atomic mass is 35.5. The van der Waals surface area contributed by atoms with E-state index < -0.39 is 0 Å². The van der Waals surface area contributed by atoms with Crippen LogP contribution in [0.25, 0.3) is 0 Å². The first-order chi connectivity index (χ1) is 9.19. The molecule has 0 aliphatic rings. The van der Waals surface area contributed by atoms with Crippen LogP contribution in [0.5, 0.6) is 0 Å². The van der Waals surface area contributed by atoms with Crippen molar-refractivity contribution < 1.29 is 0 Å². The zero-order valence-corrected chi connectivity index (χ0v) is 12.1. The average molecular weight is 296 g/mol. The van der Waals surface area contributed by atoms with E-state index in [-0.39, 0.29) is 0 Å². The molecule has 0 aliphatic carbocycles. The van der Waals surface area contributed by atoms with Crippen LogP contribution in [0.15, 0.2) is 36.4 Å². The predicted molar refractivity (Wildman–Crippen MR) is 82.8 cm³/mol. The smallest absolute Gasteiger partial charge is 0.132 e. The molecule has 3 nitrogen and oxygen atoms in total. The Morgan fingerprint density at radius 2 is 1.84 bits per heavy atom. The molecule has 1 heterocycles. The van der Waals surface area contributed by atoms with E-state index in [1.807, 2.05) is 24.3 Å². The van der Waals surface area contributed by atoms with Crippen molar-refractivity contribution >= 4 is 40.5 Å². The van der Waals surface area contributed by atoms with Crippen molar-refractivity contribution in [3.05, 3.63) is 46.4 Å². The molecule has 5 heteroatoms. The molecule has 2 N–H and O–H groups in total. The average Bonchev–Trinajstić information content (AvgIpc) is 2.41. The van der Waals surface area contributed by atoms with Gasteiger partial charge >= 0.3 is 0 Å². The summed E-state index contributed by atoms with van der Waals surface area (Å²) in [6.45, 7) is 3.02. The van der Waals surface area contributed by atoms with E-state index >= 15 is 0 Å². The van der Waals surface area contributed by atoms with Crippen LogP contribution >= 0.6 is 23.2 Å². The quantitative estimate of drug-likeness (QED) is 0.819. The molecule has 100 valence electrons. The normalized spacial score (nSPS) is 10.3. The van der Waals surface area contributed by atoms with Gasteiger partial charge in [0.15, 0.2) is 0 Å². The maximum absolute atomic E-state index is 5.98. The summed E-state index contributed by atoms with van der Waals surface area (Å²) < 4.78 is 0. The summed E-state index contributed by atoms with van der Waals surface area (Å²) in [5.41, 5.74) is 0.856. The van der Waals surface area contributed by atoms with Crippen LogP contribution in [0.4, 0.5) is 17.3 Å². The predicted octanol–water partition coefficient (Wildman–Crippen LogP) is 4.95. The van der Waals surface area contributed by atoms with Gasteiger partial charge in [-0.3, -0.25) is 0 Å². The van der Waals surface area contributed by atoms with Crippen LogP contribution < -0.4 is 10.6 Å². The SMILES string of the molecule is CCCNc1cccc(Nc2ccc(Cl)c(Cl)c2)n1. The minimum atomic E-state index is 0.520. The lowest BCUT2D eigenvalue weighted by molar-refractivity contribution is 0.970. The fourth-order valence-corrected chi connectivity index (χ4v) is 1.88. The monoisotopic (exact) mass is 295 g/mol. The number of benzene rings is 1. The summed E-state index contributed by atoms with van der Waals surface area (Å²) in [6.07, 6.45) is 1.06. The second-order valence-corrected chi connectivity index (χ2v) is 4.90. The second kappa shape index (κ2) is 6.64. The highest BCUT2D eigenvalue weighted by molar-refractivity contribution is 6.42. The Bertz CT molecular complexity index is 558. The molecule has 0 saturated heterocycles. The van der Waals surface area contributed by atoms with Gasteiger partial charge in [0, 0.05) is 12.2 Å². The second-order valence-electron chi connectivity index (χ2n) is 4.09. The number of nitrogens with one attached hydrogen (secondary N) is 2. The molecular weight excluding hydrogens is 281 g/mol. The number of hydrogen-bond donors (Lipinski definition) is 2. The molecule has 2 rings (SSSR count). The number of hydrogen-bond acceptors (Lipinski definition) is 3. The molecule has 0 bridgehead atoms. The molecule has 0 radical (unpaired) electrons. The van der Waals surface area contributed by atoms with E-state index in [1.165, 1.54) is 0 Å². The number of halogens is 2. The fourth-order valence-electron chi connectivity index (χ4n) is 1.58. The lowest BCUT2D eigenvalue weighted by Gasteiger charge is -2.09. The van der Waals surface area contributed by atoms with E-state index in [9.17, 15) is 0 Å². The first kappa shape index (κ1) is 14.0. The van der Waals surface area contributed by atoms with E-state index in [1.54, 1.807) is 12.1 Å². The number of rotatable bonds is 5. The Labute approximate surface area is 123 Å². The molecule has 0 fully saturated rings. The van der Waals surface area contributed by atoms with Crippen LogP contribution in [0.2, 0.25) is 10.0 Å². The Kier molecular flexibility index (Phi) is 4.88. The molecule has 0 spiro atoms. The number of anilines is 3. The molecule has 0 unspecified atom stereocenters. The van der Waals surface area contributed by atoms with Crippen molar-refractivity contribution in [2.24, 2.45) is 0 Å². The third-order valence-corrected chi connectivity index (χ3v) is 3.24. The van der Waals surface area contributed by atoms with Crippen molar-refractivity contribution in [2.45, 2.75) is 13.3 Å². The van der Waals surface area contributed by atoms with Gasteiger partial charge in [-0.15, -0.1) is 0 Å². The van der Waals surface area contributed by atoms with Crippen LogP contribution in [-0.2, 0) is 0 Å². The Hall–Kier alpha value is -1.45. The lowest BCUT2D eigenvalue weighted by atomic mass is 10.3. The zero-order chi connectivity index (χ0) is 13.7. The first-order valence-electron chi connectivity index (χ1n) is 6.12. The Morgan fingerprint density at radius 1 is 1.05 bits per heavy atom. The van der Waals surface area contributed by atoms with Crippen LogP contribution in [0.3, 0.4) is 0 Å². The molecule has 0 saturated carbocycles. The zero-order valence-electron chi connectivity index (χ0n) is 10.6. The van der Waals surface area contributed by atoms with Crippen molar-refractivity contribution in [3.8, 4) is 0 Å². The molecular formula is C14H15Cl2N3. The Balaban J connectivity index is 2.11. The maximum atomic E-state index is 5.98. The minimum absolute atomic E-state index is 0.520. The maximum Gasteiger partial charge on any atom is 0.132 e. The first-order valence-corrected chi connectivity index (χ1v) is 6.87. The van der Waals surface area contributed by atoms with Gasteiger partial charge in [-0.1, -0.05) is 36.2 Å². The van der Waals surface area contributed by atoms with Crippen LogP contribution in [0, 0.1) is 0 Å². The topological polar surface area (TPSA) is 37.0 Å². The fraction of sp³-hybridized carbons (Fsp3) is 0.214. The summed E-state index contributed by atoms with van der Waals surface area (Å²) in [6, 6.07) is 11.2. The van der Waals surface area contributed by atoms with Gasteiger partial charge in [0.05, 0.1) is 10.0 Å². The number of nitrogens with zero attached hydrogens (tertiary/aromatic N) is 1. The van der Waals surface area contributed by atoms with Gasteiger partial charge in [0.1, 0.15) is 11.6 Å². The van der Waals surface area contributed by atoms with E-state index in [0.29, 0.717) is 10.0 Å². The molecule has 2 aromatic rings. The molecule has 1 aromatic heterocycles. The van der Waals surface area contributed by atoms with Crippen molar-refractivity contribution in [1.29, 1.82) is 0 Å². The highest BCUT2D eigenvalue weighted by Crippen LogP contribution is 2.26. The van der Waals surface area contributed by atoms with E-state index in [4.69, 9.17) is 23.2 Å². The summed E-state index contributed by atoms with van der Waals surface area (Å²) in [5, 5.41) is 7.50. The molecule has 0 amide bonds. The van der Waals surface area contributed by atoms with Gasteiger partial charge in [-0.05, 0) is 36.8 Å². The molecule has 0 atom stereocenters. The van der Waals surface area contributed by atoms with Gasteiger partial charge in [0.25, 0.3) is 0 Å². The summed E-state index contributed by atoms with van der Waals surface area (Å²) in [4.78, 5) is 4.46. The van der Waals surface area contributed by atoms with Gasteiger partial charge in [0.2, 0.25) is 0 Å². The summed E-state index contributed by atoms with van der Waals surface area (Å²) in [7, 11) is 0. The molecule has 19 heavy (non-hydrogen) atoms. The minimum Gasteiger partial charge on any atom is -0.370 e. The van der Waals surface area contributed by atoms with E-state index in [0.717, 1.165) is 30.3 Å². The Morgan fingerprint density at radius 3 is 2.58 bits per heavy atom. The van der Waals surface area contributed by atoms with Gasteiger partial charge < -0.3 is 10.6 Å². The van der Waals surface area contributed by atoms with Crippen molar-refractivity contribution in [1.82, 2.24) is 4.98 Å².